The molecule has 0 aliphatic rings. The van der Waals surface area contributed by atoms with E-state index in [1.807, 2.05) is 31.2 Å². The van der Waals surface area contributed by atoms with Crippen molar-refractivity contribution >= 4 is 17.5 Å². The van der Waals surface area contributed by atoms with E-state index in [1.165, 1.54) is 17.3 Å². The largest absolute Gasteiger partial charge is 0.392 e. The highest BCUT2D eigenvalue weighted by Crippen LogP contribution is 2.16. The van der Waals surface area contributed by atoms with Crippen LogP contribution < -0.4 is 0 Å². The van der Waals surface area contributed by atoms with Gasteiger partial charge in [0.05, 0.1) is 11.9 Å². The number of aliphatic hydroxyl groups is 1. The third-order valence-corrected chi connectivity index (χ3v) is 4.19. The second-order valence-electron chi connectivity index (χ2n) is 4.23. The zero-order valence-electron chi connectivity index (χ0n) is 10.6. The predicted molar refractivity (Wildman–Crippen MR) is 73.8 cm³/mol. The Bertz CT molecular complexity index is 357. The lowest BCUT2D eigenvalue weighted by Gasteiger charge is -2.13. The summed E-state index contributed by atoms with van der Waals surface area (Å²) in [5.41, 5.74) is 2.00. The van der Waals surface area contributed by atoms with Gasteiger partial charge in [0.1, 0.15) is 0 Å². The molecule has 0 saturated carbocycles. The van der Waals surface area contributed by atoms with E-state index in [-0.39, 0.29) is 17.1 Å². The summed E-state index contributed by atoms with van der Waals surface area (Å²) >= 11 is 1.50. The molecular formula is C14H20O2S. The molecule has 0 bridgehead atoms. The molecular weight excluding hydrogens is 232 g/mol. The minimum absolute atomic E-state index is 0.0915. The van der Waals surface area contributed by atoms with Crippen molar-refractivity contribution < 1.29 is 9.90 Å². The molecule has 94 valence electrons. The predicted octanol–water partition coefficient (Wildman–Crippen LogP) is 2.93. The van der Waals surface area contributed by atoms with Crippen LogP contribution in [0.25, 0.3) is 0 Å². The molecule has 2 nitrogen and oxygen atoms in total. The molecule has 2 atom stereocenters. The van der Waals surface area contributed by atoms with Crippen LogP contribution in [0.5, 0.6) is 0 Å². The summed E-state index contributed by atoms with van der Waals surface area (Å²) in [6.45, 7) is 5.78. The van der Waals surface area contributed by atoms with Crippen LogP contribution in [0.3, 0.4) is 0 Å². The molecule has 0 fully saturated rings. The maximum absolute atomic E-state index is 11.9. The molecule has 0 heterocycles. The third kappa shape index (κ3) is 4.52. The number of rotatable bonds is 6. The van der Waals surface area contributed by atoms with Crippen LogP contribution in [0.2, 0.25) is 0 Å². The molecule has 2 unspecified atom stereocenters. The molecule has 0 radical (unpaired) electrons. The zero-order chi connectivity index (χ0) is 12.8. The number of carbonyl (C=O) groups is 1. The number of hydrogen-bond acceptors (Lipinski definition) is 3. The Balaban J connectivity index is 2.52. The normalized spacial score (nSPS) is 14.4. The van der Waals surface area contributed by atoms with Crippen molar-refractivity contribution in [2.24, 2.45) is 0 Å². The van der Waals surface area contributed by atoms with Crippen LogP contribution in [0, 0.1) is 0 Å². The Labute approximate surface area is 107 Å². The Hall–Kier alpha value is -0.800. The minimum Gasteiger partial charge on any atom is -0.392 e. The Morgan fingerprint density at radius 1 is 1.29 bits per heavy atom. The molecule has 0 aliphatic heterocycles. The summed E-state index contributed by atoms with van der Waals surface area (Å²) in [6.07, 6.45) is 0.609. The van der Waals surface area contributed by atoms with Crippen LogP contribution in [0.4, 0.5) is 0 Å². The number of hydrogen-bond donors (Lipinski definition) is 1. The first-order valence-electron chi connectivity index (χ1n) is 5.96. The third-order valence-electron chi connectivity index (χ3n) is 2.84. The number of Topliss-reactive ketones (excluding diaryl/α,β-unsaturated/α-hetero) is 1. The molecule has 1 aromatic rings. The van der Waals surface area contributed by atoms with Gasteiger partial charge in [-0.2, -0.15) is 0 Å². The average molecular weight is 252 g/mol. The molecule has 0 spiro atoms. The van der Waals surface area contributed by atoms with Gasteiger partial charge in [0, 0.05) is 10.8 Å². The maximum atomic E-state index is 11.9. The molecule has 1 N–H and O–H groups in total. The van der Waals surface area contributed by atoms with E-state index in [1.54, 1.807) is 6.92 Å². The van der Waals surface area contributed by atoms with Crippen LogP contribution in [0.15, 0.2) is 24.3 Å². The smallest absolute Gasteiger partial charge is 0.172 e. The van der Waals surface area contributed by atoms with Crippen molar-refractivity contribution in [2.45, 2.75) is 38.5 Å². The van der Waals surface area contributed by atoms with Gasteiger partial charge in [-0.1, -0.05) is 38.1 Å². The first-order chi connectivity index (χ1) is 8.04. The van der Waals surface area contributed by atoms with E-state index in [9.17, 15) is 9.90 Å². The molecule has 0 amide bonds. The first-order valence-corrected chi connectivity index (χ1v) is 7.01. The summed E-state index contributed by atoms with van der Waals surface area (Å²) in [4.78, 5) is 11.9. The van der Waals surface area contributed by atoms with Crippen LogP contribution >= 0.6 is 11.8 Å². The number of benzene rings is 1. The molecule has 0 aromatic heterocycles. The van der Waals surface area contributed by atoms with Crippen molar-refractivity contribution in [2.75, 3.05) is 5.75 Å². The fourth-order valence-corrected chi connectivity index (χ4v) is 2.22. The Morgan fingerprint density at radius 2 is 1.88 bits per heavy atom. The maximum Gasteiger partial charge on any atom is 0.172 e. The number of ketones is 1. The summed E-state index contributed by atoms with van der Waals surface area (Å²) in [5.74, 6) is 0.558. The second-order valence-corrected chi connectivity index (χ2v) is 5.60. The van der Waals surface area contributed by atoms with Crippen molar-refractivity contribution in [3.63, 3.8) is 0 Å². The highest BCUT2D eigenvalue weighted by molar-refractivity contribution is 8.00. The van der Waals surface area contributed by atoms with Crippen LogP contribution in [-0.2, 0) is 6.42 Å². The summed E-state index contributed by atoms with van der Waals surface area (Å²) in [5, 5.41) is 9.43. The Kier molecular flexibility index (Phi) is 5.72. The number of aryl methyl sites for hydroxylation is 1. The molecule has 0 saturated heterocycles. The standard InChI is InChI=1S/C14H20O2S/c1-4-12-5-7-13(8-6-12)14(16)9-17-11(3)10(2)15/h5-8,10-11,15H,4,9H2,1-3H3. The molecule has 3 heteroatoms. The van der Waals surface area contributed by atoms with E-state index in [4.69, 9.17) is 0 Å². The summed E-state index contributed by atoms with van der Waals surface area (Å²) < 4.78 is 0. The van der Waals surface area contributed by atoms with Crippen molar-refractivity contribution in [1.82, 2.24) is 0 Å². The van der Waals surface area contributed by atoms with Crippen molar-refractivity contribution in [1.29, 1.82) is 0 Å². The lowest BCUT2D eigenvalue weighted by atomic mass is 10.1. The summed E-state index contributed by atoms with van der Waals surface area (Å²) in [7, 11) is 0. The van der Waals surface area contributed by atoms with E-state index < -0.39 is 0 Å². The van der Waals surface area contributed by atoms with E-state index >= 15 is 0 Å². The summed E-state index contributed by atoms with van der Waals surface area (Å²) in [6, 6.07) is 7.76. The average Bonchev–Trinajstić information content (AvgIpc) is 2.35. The van der Waals surface area contributed by atoms with Gasteiger partial charge < -0.3 is 5.11 Å². The zero-order valence-corrected chi connectivity index (χ0v) is 11.5. The van der Waals surface area contributed by atoms with E-state index in [2.05, 4.69) is 6.92 Å². The Morgan fingerprint density at radius 3 is 2.35 bits per heavy atom. The van der Waals surface area contributed by atoms with Gasteiger partial charge >= 0.3 is 0 Å². The highest BCUT2D eigenvalue weighted by Gasteiger charge is 2.12. The second kappa shape index (κ2) is 6.82. The van der Waals surface area contributed by atoms with Gasteiger partial charge in [-0.3, -0.25) is 4.79 Å². The van der Waals surface area contributed by atoms with E-state index in [0.717, 1.165) is 12.0 Å². The monoisotopic (exact) mass is 252 g/mol. The number of aliphatic hydroxyl groups excluding tert-OH is 1. The highest BCUT2D eigenvalue weighted by atomic mass is 32.2. The number of thioether (sulfide) groups is 1. The lowest BCUT2D eigenvalue weighted by molar-refractivity contribution is 0.102. The van der Waals surface area contributed by atoms with Gasteiger partial charge in [0.2, 0.25) is 0 Å². The topological polar surface area (TPSA) is 37.3 Å². The molecule has 0 aliphatic carbocycles. The number of carbonyl (C=O) groups excluding carboxylic acids is 1. The SMILES string of the molecule is CCc1ccc(C(=O)CSC(C)C(C)O)cc1. The van der Waals surface area contributed by atoms with E-state index in [0.29, 0.717) is 5.75 Å². The van der Waals surface area contributed by atoms with Gasteiger partial charge in [0.15, 0.2) is 5.78 Å². The van der Waals surface area contributed by atoms with Gasteiger partial charge in [-0.15, -0.1) is 11.8 Å². The lowest BCUT2D eigenvalue weighted by Crippen LogP contribution is -2.17. The minimum atomic E-state index is -0.379. The van der Waals surface area contributed by atoms with Crippen molar-refractivity contribution in [3.8, 4) is 0 Å². The van der Waals surface area contributed by atoms with Gasteiger partial charge in [-0.25, -0.2) is 0 Å². The molecule has 1 aromatic carbocycles. The van der Waals surface area contributed by atoms with Crippen LogP contribution in [-0.4, -0.2) is 28.0 Å². The first kappa shape index (κ1) is 14.3. The fourth-order valence-electron chi connectivity index (χ4n) is 1.36. The fraction of sp³-hybridized carbons (Fsp3) is 0.500. The quantitative estimate of drug-likeness (QED) is 0.791. The van der Waals surface area contributed by atoms with Gasteiger partial charge in [-0.05, 0) is 18.9 Å². The van der Waals surface area contributed by atoms with Crippen LogP contribution in [0.1, 0.15) is 36.7 Å². The van der Waals surface area contributed by atoms with Crippen molar-refractivity contribution in [3.05, 3.63) is 35.4 Å². The molecule has 1 rings (SSSR count). The van der Waals surface area contributed by atoms with Gasteiger partial charge in [0.25, 0.3) is 0 Å². The molecule has 17 heavy (non-hydrogen) atoms.